The van der Waals surface area contributed by atoms with Gasteiger partial charge in [0, 0.05) is 6.07 Å². The molecule has 1 heterocycles. The van der Waals surface area contributed by atoms with Gasteiger partial charge in [-0.15, -0.1) is 0 Å². The smallest absolute Gasteiger partial charge is 0.213 e. The highest BCUT2D eigenvalue weighted by molar-refractivity contribution is 5.44. The Bertz CT molecular complexity index is 523. The van der Waals surface area contributed by atoms with Crippen molar-refractivity contribution in [1.29, 1.82) is 0 Å². The highest BCUT2D eigenvalue weighted by Gasteiger charge is 2.13. The molecule has 0 aliphatic rings. The van der Waals surface area contributed by atoms with Gasteiger partial charge in [-0.3, -0.25) is 0 Å². The molecule has 21 heavy (non-hydrogen) atoms. The Hall–Kier alpha value is -2.03. The minimum absolute atomic E-state index is 0.297. The van der Waals surface area contributed by atoms with Crippen LogP contribution in [-0.2, 0) is 0 Å². The van der Waals surface area contributed by atoms with Crippen LogP contribution in [-0.4, -0.2) is 11.6 Å². The zero-order valence-corrected chi connectivity index (χ0v) is 13.0. The summed E-state index contributed by atoms with van der Waals surface area (Å²) < 4.78 is 5.38. The van der Waals surface area contributed by atoms with Gasteiger partial charge >= 0.3 is 0 Å². The minimum Gasteiger partial charge on any atom is -0.478 e. The van der Waals surface area contributed by atoms with Gasteiger partial charge in [0.1, 0.15) is 0 Å². The SMILES string of the molecule is CCOc1ccc(NC(CC(C)C)c2ccccc2)cn1. The van der Waals surface area contributed by atoms with Gasteiger partial charge in [-0.25, -0.2) is 4.98 Å². The topological polar surface area (TPSA) is 34.1 Å². The molecule has 1 aromatic heterocycles. The molecule has 2 rings (SSSR count). The molecular formula is C18H24N2O. The normalized spacial score (nSPS) is 12.2. The Morgan fingerprint density at radius 3 is 2.43 bits per heavy atom. The van der Waals surface area contributed by atoms with Crippen LogP contribution in [0.15, 0.2) is 48.7 Å². The average Bonchev–Trinajstić information content (AvgIpc) is 2.49. The fourth-order valence-corrected chi connectivity index (χ4v) is 2.34. The number of anilines is 1. The van der Waals surface area contributed by atoms with Crippen LogP contribution >= 0.6 is 0 Å². The van der Waals surface area contributed by atoms with E-state index >= 15 is 0 Å². The van der Waals surface area contributed by atoms with Crippen molar-refractivity contribution in [3.05, 3.63) is 54.2 Å². The number of nitrogens with one attached hydrogen (secondary N) is 1. The fourth-order valence-electron chi connectivity index (χ4n) is 2.34. The molecule has 1 N–H and O–H groups in total. The van der Waals surface area contributed by atoms with Gasteiger partial charge in [0.2, 0.25) is 5.88 Å². The van der Waals surface area contributed by atoms with Crippen molar-refractivity contribution < 1.29 is 4.74 Å². The predicted molar refractivity (Wildman–Crippen MR) is 87.7 cm³/mol. The zero-order valence-electron chi connectivity index (χ0n) is 13.0. The first-order valence-corrected chi connectivity index (χ1v) is 7.59. The van der Waals surface area contributed by atoms with Crippen LogP contribution in [0.2, 0.25) is 0 Å². The lowest BCUT2D eigenvalue weighted by Gasteiger charge is -2.22. The Morgan fingerprint density at radius 2 is 1.86 bits per heavy atom. The Morgan fingerprint density at radius 1 is 1.10 bits per heavy atom. The molecule has 0 saturated carbocycles. The van der Waals surface area contributed by atoms with Crippen LogP contribution in [0, 0.1) is 5.92 Å². The third kappa shape index (κ3) is 4.78. The number of ether oxygens (including phenoxy) is 1. The lowest BCUT2D eigenvalue weighted by molar-refractivity contribution is 0.327. The maximum atomic E-state index is 5.38. The number of pyridine rings is 1. The number of hydrogen-bond donors (Lipinski definition) is 1. The summed E-state index contributed by atoms with van der Waals surface area (Å²) >= 11 is 0. The second-order valence-corrected chi connectivity index (χ2v) is 5.56. The summed E-state index contributed by atoms with van der Waals surface area (Å²) in [7, 11) is 0. The molecule has 0 fully saturated rings. The lowest BCUT2D eigenvalue weighted by Crippen LogP contribution is -2.13. The molecule has 2 aromatic rings. The van der Waals surface area contributed by atoms with Crippen molar-refractivity contribution in [3.8, 4) is 5.88 Å². The Balaban J connectivity index is 2.11. The minimum atomic E-state index is 0.297. The van der Waals surface area contributed by atoms with E-state index in [1.165, 1.54) is 5.56 Å². The first-order chi connectivity index (χ1) is 10.2. The second kappa shape index (κ2) is 7.67. The zero-order chi connectivity index (χ0) is 15.1. The summed E-state index contributed by atoms with van der Waals surface area (Å²) in [6, 6.07) is 14.8. The van der Waals surface area contributed by atoms with E-state index in [-0.39, 0.29) is 0 Å². The predicted octanol–water partition coefficient (Wildman–Crippen LogP) is 4.68. The highest BCUT2D eigenvalue weighted by Crippen LogP contribution is 2.26. The van der Waals surface area contributed by atoms with E-state index in [2.05, 4.69) is 48.4 Å². The molecule has 0 spiro atoms. The van der Waals surface area contributed by atoms with E-state index in [1.54, 1.807) is 0 Å². The van der Waals surface area contributed by atoms with E-state index < -0.39 is 0 Å². The van der Waals surface area contributed by atoms with E-state index in [0.29, 0.717) is 24.4 Å². The number of benzene rings is 1. The molecule has 3 nitrogen and oxygen atoms in total. The second-order valence-electron chi connectivity index (χ2n) is 5.56. The first-order valence-electron chi connectivity index (χ1n) is 7.59. The van der Waals surface area contributed by atoms with Crippen molar-refractivity contribution in [2.24, 2.45) is 5.92 Å². The van der Waals surface area contributed by atoms with Crippen LogP contribution in [0.1, 0.15) is 38.8 Å². The van der Waals surface area contributed by atoms with Crippen molar-refractivity contribution in [3.63, 3.8) is 0 Å². The molecule has 1 aromatic carbocycles. The maximum absolute atomic E-state index is 5.38. The van der Waals surface area contributed by atoms with Crippen molar-refractivity contribution in [1.82, 2.24) is 4.98 Å². The van der Waals surface area contributed by atoms with E-state index in [9.17, 15) is 0 Å². The van der Waals surface area contributed by atoms with Gasteiger partial charge in [0.15, 0.2) is 0 Å². The molecule has 0 amide bonds. The van der Waals surface area contributed by atoms with E-state index in [1.807, 2.05) is 31.3 Å². The van der Waals surface area contributed by atoms with Crippen molar-refractivity contribution in [2.75, 3.05) is 11.9 Å². The van der Waals surface area contributed by atoms with Gasteiger partial charge < -0.3 is 10.1 Å². The molecule has 0 bridgehead atoms. The van der Waals surface area contributed by atoms with Gasteiger partial charge in [0.05, 0.1) is 24.5 Å². The maximum Gasteiger partial charge on any atom is 0.213 e. The number of aromatic nitrogens is 1. The van der Waals surface area contributed by atoms with E-state index in [4.69, 9.17) is 4.74 Å². The van der Waals surface area contributed by atoms with Gasteiger partial charge in [-0.05, 0) is 30.9 Å². The number of rotatable bonds is 7. The standard InChI is InChI=1S/C18H24N2O/c1-4-21-18-11-10-16(13-19-18)20-17(12-14(2)3)15-8-6-5-7-9-15/h5-11,13-14,17,20H,4,12H2,1-3H3. The van der Waals surface area contributed by atoms with Crippen LogP contribution in [0.4, 0.5) is 5.69 Å². The van der Waals surface area contributed by atoms with Crippen LogP contribution in [0.5, 0.6) is 5.88 Å². The summed E-state index contributed by atoms with van der Waals surface area (Å²) in [4.78, 5) is 4.31. The van der Waals surface area contributed by atoms with Gasteiger partial charge in [-0.2, -0.15) is 0 Å². The third-order valence-corrected chi connectivity index (χ3v) is 3.28. The van der Waals surface area contributed by atoms with E-state index in [0.717, 1.165) is 12.1 Å². The molecule has 3 heteroatoms. The molecule has 112 valence electrons. The number of nitrogens with zero attached hydrogens (tertiary/aromatic N) is 1. The highest BCUT2D eigenvalue weighted by atomic mass is 16.5. The van der Waals surface area contributed by atoms with Crippen LogP contribution in [0.3, 0.4) is 0 Å². The Labute approximate surface area is 127 Å². The summed E-state index contributed by atoms with van der Waals surface area (Å²) in [6.45, 7) is 7.09. The van der Waals surface area contributed by atoms with Crippen LogP contribution in [0.25, 0.3) is 0 Å². The largest absolute Gasteiger partial charge is 0.478 e. The molecule has 0 aliphatic carbocycles. The monoisotopic (exact) mass is 284 g/mol. The van der Waals surface area contributed by atoms with Crippen LogP contribution < -0.4 is 10.1 Å². The summed E-state index contributed by atoms with van der Waals surface area (Å²) in [5.41, 5.74) is 2.33. The molecule has 0 aliphatic heterocycles. The Kier molecular flexibility index (Phi) is 5.61. The fraction of sp³-hybridized carbons (Fsp3) is 0.389. The van der Waals surface area contributed by atoms with Crippen molar-refractivity contribution >= 4 is 5.69 Å². The average molecular weight is 284 g/mol. The quantitative estimate of drug-likeness (QED) is 0.801. The summed E-state index contributed by atoms with van der Waals surface area (Å²) in [5.74, 6) is 1.29. The lowest BCUT2D eigenvalue weighted by atomic mass is 9.97. The molecule has 0 radical (unpaired) electrons. The molecule has 1 atom stereocenters. The molecular weight excluding hydrogens is 260 g/mol. The van der Waals surface area contributed by atoms with Gasteiger partial charge in [-0.1, -0.05) is 44.2 Å². The van der Waals surface area contributed by atoms with Crippen molar-refractivity contribution in [2.45, 2.75) is 33.2 Å². The molecule has 1 unspecified atom stereocenters. The number of hydrogen-bond acceptors (Lipinski definition) is 3. The third-order valence-electron chi connectivity index (χ3n) is 3.28. The van der Waals surface area contributed by atoms with Gasteiger partial charge in [0.25, 0.3) is 0 Å². The first kappa shape index (κ1) is 15.4. The molecule has 0 saturated heterocycles. The summed E-state index contributed by atoms with van der Waals surface area (Å²) in [5, 5.41) is 3.58. The summed E-state index contributed by atoms with van der Waals surface area (Å²) in [6.07, 6.45) is 2.92.